The summed E-state index contributed by atoms with van der Waals surface area (Å²) >= 11 is 0. The van der Waals surface area contributed by atoms with Crippen LogP contribution in [-0.4, -0.2) is 35.2 Å². The number of ether oxygens (including phenoxy) is 1. The van der Waals surface area contributed by atoms with Gasteiger partial charge in [-0.1, -0.05) is 12.1 Å². The third-order valence-electron chi connectivity index (χ3n) is 3.97. The van der Waals surface area contributed by atoms with E-state index in [2.05, 4.69) is 15.6 Å². The van der Waals surface area contributed by atoms with Gasteiger partial charge in [0.1, 0.15) is 12.5 Å². The fourth-order valence-corrected chi connectivity index (χ4v) is 2.96. The molecule has 1 atom stereocenters. The average Bonchev–Trinajstić information content (AvgIpc) is 3.12. The molecule has 116 valence electrons. The number of urea groups is 1. The molecule has 3 amide bonds. The number of nitrogens with zero attached hydrogens (tertiary/aromatic N) is 2. The highest BCUT2D eigenvalue weighted by Gasteiger charge is 2.42. The molecule has 23 heavy (non-hydrogen) atoms. The van der Waals surface area contributed by atoms with E-state index in [4.69, 9.17) is 4.74 Å². The molecule has 4 rings (SSSR count). The molecule has 0 bridgehead atoms. The molecule has 1 unspecified atom stereocenters. The lowest BCUT2D eigenvalue weighted by Crippen LogP contribution is -2.24. The number of carbonyl (C=O) groups excluding carboxylic acids is 2. The predicted octanol–water partition coefficient (Wildman–Crippen LogP) is 2.21. The van der Waals surface area contributed by atoms with E-state index >= 15 is 0 Å². The summed E-state index contributed by atoms with van der Waals surface area (Å²) in [6, 6.07) is 10.0. The highest BCUT2D eigenvalue weighted by molar-refractivity contribution is 6.05. The van der Waals surface area contributed by atoms with Crippen LogP contribution in [0.3, 0.4) is 0 Å². The van der Waals surface area contributed by atoms with Crippen molar-refractivity contribution in [2.75, 3.05) is 24.0 Å². The van der Waals surface area contributed by atoms with Crippen LogP contribution in [0.1, 0.15) is 22.0 Å². The van der Waals surface area contributed by atoms with Crippen molar-refractivity contribution in [3.63, 3.8) is 0 Å². The molecule has 0 aliphatic carbocycles. The summed E-state index contributed by atoms with van der Waals surface area (Å²) in [6.45, 7) is 0.733. The molecule has 1 aromatic carbocycles. The molecule has 0 spiro atoms. The Balaban J connectivity index is 1.59. The van der Waals surface area contributed by atoms with Crippen LogP contribution in [0.4, 0.5) is 16.3 Å². The van der Waals surface area contributed by atoms with E-state index in [0.29, 0.717) is 23.7 Å². The van der Waals surface area contributed by atoms with Crippen LogP contribution >= 0.6 is 0 Å². The van der Waals surface area contributed by atoms with E-state index in [1.165, 1.54) is 0 Å². The fraction of sp³-hybridized carbons (Fsp3) is 0.188. The highest BCUT2D eigenvalue weighted by atomic mass is 16.5. The lowest BCUT2D eigenvalue weighted by atomic mass is 10.0. The van der Waals surface area contributed by atoms with Crippen molar-refractivity contribution in [1.82, 2.24) is 9.88 Å². The smallest absolute Gasteiger partial charge is 0.324 e. The molecule has 3 heterocycles. The second-order valence-corrected chi connectivity index (χ2v) is 5.35. The molecule has 0 saturated carbocycles. The van der Waals surface area contributed by atoms with Gasteiger partial charge in [0.2, 0.25) is 0 Å². The summed E-state index contributed by atoms with van der Waals surface area (Å²) in [5.41, 5.74) is 2.04. The van der Waals surface area contributed by atoms with Crippen molar-refractivity contribution in [3.05, 3.63) is 53.7 Å². The zero-order valence-electron chi connectivity index (χ0n) is 12.2. The Bertz CT molecular complexity index is 778. The quantitative estimate of drug-likeness (QED) is 0.891. The lowest BCUT2D eigenvalue weighted by Gasteiger charge is -2.15. The summed E-state index contributed by atoms with van der Waals surface area (Å²) in [5, 5.41) is 5.46. The molecular formula is C16H14N4O3. The number of amides is 3. The molecule has 2 aromatic rings. The van der Waals surface area contributed by atoms with Gasteiger partial charge in [-0.2, -0.15) is 0 Å². The van der Waals surface area contributed by atoms with Crippen LogP contribution in [0, 0.1) is 0 Å². The highest BCUT2D eigenvalue weighted by Crippen LogP contribution is 2.41. The summed E-state index contributed by atoms with van der Waals surface area (Å²) in [5.74, 6) is 0.399. The molecule has 2 aliphatic rings. The minimum atomic E-state index is -0.401. The number of aromatic nitrogens is 1. The SMILES string of the molecule is O=C(Nc1ccccn1)Nc1cccc2c1C1COCN1C2=O. The maximum absolute atomic E-state index is 12.3. The topological polar surface area (TPSA) is 83.6 Å². The van der Waals surface area contributed by atoms with Crippen molar-refractivity contribution < 1.29 is 14.3 Å². The second kappa shape index (κ2) is 5.36. The number of rotatable bonds is 2. The molecule has 0 radical (unpaired) electrons. The van der Waals surface area contributed by atoms with E-state index < -0.39 is 6.03 Å². The average molecular weight is 310 g/mol. The van der Waals surface area contributed by atoms with Crippen LogP contribution in [-0.2, 0) is 4.74 Å². The molecule has 1 aromatic heterocycles. The van der Waals surface area contributed by atoms with E-state index in [1.807, 2.05) is 0 Å². The summed E-state index contributed by atoms with van der Waals surface area (Å²) in [4.78, 5) is 30.2. The summed E-state index contributed by atoms with van der Waals surface area (Å²) in [6.07, 6.45) is 1.60. The van der Waals surface area contributed by atoms with E-state index in [9.17, 15) is 9.59 Å². The van der Waals surface area contributed by atoms with Crippen LogP contribution in [0.5, 0.6) is 0 Å². The van der Waals surface area contributed by atoms with Gasteiger partial charge in [0.15, 0.2) is 0 Å². The van der Waals surface area contributed by atoms with Crippen molar-refractivity contribution in [3.8, 4) is 0 Å². The molecule has 2 N–H and O–H groups in total. The van der Waals surface area contributed by atoms with Gasteiger partial charge >= 0.3 is 6.03 Å². The van der Waals surface area contributed by atoms with Gasteiger partial charge in [-0.25, -0.2) is 9.78 Å². The first-order chi connectivity index (χ1) is 11.2. The van der Waals surface area contributed by atoms with E-state index in [-0.39, 0.29) is 18.7 Å². The predicted molar refractivity (Wildman–Crippen MR) is 83.0 cm³/mol. The van der Waals surface area contributed by atoms with Crippen LogP contribution in [0.25, 0.3) is 0 Å². The third kappa shape index (κ3) is 2.31. The Labute approximate surface area is 132 Å². The minimum absolute atomic E-state index is 0.0590. The summed E-state index contributed by atoms with van der Waals surface area (Å²) in [7, 11) is 0. The van der Waals surface area contributed by atoms with Gasteiger partial charge in [-0.05, 0) is 24.3 Å². The van der Waals surface area contributed by atoms with Crippen molar-refractivity contribution >= 4 is 23.4 Å². The van der Waals surface area contributed by atoms with Crippen molar-refractivity contribution in [2.24, 2.45) is 0 Å². The minimum Gasteiger partial charge on any atom is -0.359 e. The lowest BCUT2D eigenvalue weighted by molar-refractivity contribution is 0.0690. The second-order valence-electron chi connectivity index (χ2n) is 5.35. The van der Waals surface area contributed by atoms with Crippen LogP contribution in [0.15, 0.2) is 42.6 Å². The number of anilines is 2. The van der Waals surface area contributed by atoms with E-state index in [1.54, 1.807) is 47.5 Å². The number of hydrogen-bond acceptors (Lipinski definition) is 4. The Morgan fingerprint density at radius 3 is 2.96 bits per heavy atom. The first-order valence-electron chi connectivity index (χ1n) is 7.25. The van der Waals surface area contributed by atoms with Crippen molar-refractivity contribution in [1.29, 1.82) is 0 Å². The molecule has 2 aliphatic heterocycles. The maximum Gasteiger partial charge on any atom is 0.324 e. The van der Waals surface area contributed by atoms with Gasteiger partial charge in [-0.15, -0.1) is 0 Å². The number of carbonyl (C=O) groups is 2. The Kier molecular flexibility index (Phi) is 3.20. The molecule has 1 fully saturated rings. The maximum atomic E-state index is 12.3. The first-order valence-corrected chi connectivity index (χ1v) is 7.25. The van der Waals surface area contributed by atoms with Crippen LogP contribution < -0.4 is 10.6 Å². The number of fused-ring (bicyclic) bond motifs is 3. The van der Waals surface area contributed by atoms with Gasteiger partial charge in [-0.3, -0.25) is 10.1 Å². The van der Waals surface area contributed by atoms with Crippen molar-refractivity contribution in [2.45, 2.75) is 6.04 Å². The molecule has 1 saturated heterocycles. The number of pyridine rings is 1. The fourth-order valence-electron chi connectivity index (χ4n) is 2.96. The van der Waals surface area contributed by atoms with Gasteiger partial charge in [0.05, 0.1) is 12.6 Å². The molecule has 7 nitrogen and oxygen atoms in total. The largest absolute Gasteiger partial charge is 0.359 e. The Morgan fingerprint density at radius 1 is 1.22 bits per heavy atom. The van der Waals surface area contributed by atoms with Gasteiger partial charge < -0.3 is 15.0 Å². The standard InChI is InChI=1S/C16H14N4O3/c21-15-10-4-3-5-11(14(10)12-8-23-9-20(12)15)18-16(22)19-13-6-1-2-7-17-13/h1-7,12H,8-9H2,(H2,17,18,19,22). The zero-order chi connectivity index (χ0) is 15.8. The summed E-state index contributed by atoms with van der Waals surface area (Å²) < 4.78 is 5.36. The van der Waals surface area contributed by atoms with Crippen LogP contribution in [0.2, 0.25) is 0 Å². The van der Waals surface area contributed by atoms with E-state index in [0.717, 1.165) is 5.56 Å². The Morgan fingerprint density at radius 2 is 2.13 bits per heavy atom. The van der Waals surface area contributed by atoms with Gasteiger partial charge in [0, 0.05) is 23.0 Å². The normalized spacial score (nSPS) is 18.5. The molecular weight excluding hydrogens is 296 g/mol. The first kappa shape index (κ1) is 13.7. The number of benzene rings is 1. The molecule has 7 heteroatoms. The monoisotopic (exact) mass is 310 g/mol. The van der Waals surface area contributed by atoms with Gasteiger partial charge in [0.25, 0.3) is 5.91 Å². The zero-order valence-corrected chi connectivity index (χ0v) is 12.2. The Hall–Kier alpha value is -2.93. The number of hydrogen-bond donors (Lipinski definition) is 2. The number of nitrogens with one attached hydrogen (secondary N) is 2. The third-order valence-corrected chi connectivity index (χ3v) is 3.97.